The lowest BCUT2D eigenvalue weighted by molar-refractivity contribution is -0.169. The van der Waals surface area contributed by atoms with Crippen molar-refractivity contribution in [1.82, 2.24) is 0 Å². The lowest BCUT2D eigenvalue weighted by Crippen LogP contribution is -2.41. The van der Waals surface area contributed by atoms with Gasteiger partial charge in [-0.1, -0.05) is 32.9 Å². The van der Waals surface area contributed by atoms with E-state index in [1.807, 2.05) is 27.7 Å². The summed E-state index contributed by atoms with van der Waals surface area (Å²) in [5, 5.41) is 4.06. The molecule has 0 amide bonds. The zero-order valence-electron chi connectivity index (χ0n) is 11.6. The third-order valence-corrected chi connectivity index (χ3v) is 3.07. The summed E-state index contributed by atoms with van der Waals surface area (Å²) in [6.45, 7) is 8.26. The predicted octanol–water partition coefficient (Wildman–Crippen LogP) is 2.52. The molecule has 0 aromatic heterocycles. The summed E-state index contributed by atoms with van der Waals surface area (Å²) >= 11 is 0. The number of hydrogen-bond acceptors (Lipinski definition) is 4. The Hall–Kier alpha value is -1.50. The topological polar surface area (TPSA) is 47.9 Å². The van der Waals surface area contributed by atoms with Crippen molar-refractivity contribution in [3.8, 4) is 12.3 Å². The summed E-state index contributed by atoms with van der Waals surface area (Å²) < 4.78 is 5.14. The van der Waals surface area contributed by atoms with E-state index in [1.165, 1.54) is 0 Å². The first kappa shape index (κ1) is 14.6. The summed E-state index contributed by atoms with van der Waals surface area (Å²) in [4.78, 5) is 17.4. The van der Waals surface area contributed by atoms with Gasteiger partial charge in [-0.3, -0.25) is 0 Å². The van der Waals surface area contributed by atoms with Crippen LogP contribution in [-0.2, 0) is 14.4 Å². The van der Waals surface area contributed by atoms with Gasteiger partial charge in [0.25, 0.3) is 0 Å². The van der Waals surface area contributed by atoms with Crippen LogP contribution in [0.15, 0.2) is 5.16 Å². The third-order valence-electron chi connectivity index (χ3n) is 3.07. The van der Waals surface area contributed by atoms with E-state index in [0.29, 0.717) is 19.3 Å². The molecule has 0 N–H and O–H groups in total. The first-order valence-electron chi connectivity index (χ1n) is 6.22. The molecule has 0 radical (unpaired) electrons. The largest absolute Gasteiger partial charge is 0.462 e. The first-order valence-corrected chi connectivity index (χ1v) is 6.22. The number of carbonyl (C=O) groups excluding carboxylic acids is 1. The van der Waals surface area contributed by atoms with Crippen LogP contribution >= 0.6 is 0 Å². The maximum absolute atomic E-state index is 12.1. The summed E-state index contributed by atoms with van der Waals surface area (Å²) in [5.74, 6) is 2.06. The molecular formula is C14H21NO3. The second kappa shape index (κ2) is 5.43. The highest BCUT2D eigenvalue weighted by atomic mass is 16.7. The minimum absolute atomic E-state index is 0.101. The number of hydrogen-bond donors (Lipinski definition) is 0. The van der Waals surface area contributed by atoms with Crippen molar-refractivity contribution in [3.05, 3.63) is 0 Å². The molecule has 1 unspecified atom stereocenters. The monoisotopic (exact) mass is 251 g/mol. The van der Waals surface area contributed by atoms with Crippen LogP contribution in [0.2, 0.25) is 0 Å². The molecule has 1 aliphatic heterocycles. The highest BCUT2D eigenvalue weighted by Crippen LogP contribution is 2.35. The van der Waals surface area contributed by atoms with Gasteiger partial charge in [0.15, 0.2) is 0 Å². The van der Waals surface area contributed by atoms with E-state index in [-0.39, 0.29) is 18.0 Å². The SMILES string of the molecule is C#CCCOC(=O)C1(CC)CC(C(C)(C)C)=NO1. The van der Waals surface area contributed by atoms with Crippen molar-refractivity contribution in [2.75, 3.05) is 6.61 Å². The number of rotatable bonds is 4. The Morgan fingerprint density at radius 3 is 2.72 bits per heavy atom. The molecule has 0 bridgehead atoms. The fourth-order valence-corrected chi connectivity index (χ4v) is 1.66. The molecule has 4 nitrogen and oxygen atoms in total. The van der Waals surface area contributed by atoms with Crippen molar-refractivity contribution < 1.29 is 14.4 Å². The Labute approximate surface area is 109 Å². The van der Waals surface area contributed by atoms with E-state index in [2.05, 4.69) is 11.1 Å². The van der Waals surface area contributed by atoms with E-state index in [0.717, 1.165) is 5.71 Å². The third kappa shape index (κ3) is 3.04. The Morgan fingerprint density at radius 1 is 1.61 bits per heavy atom. The van der Waals surface area contributed by atoms with Crippen LogP contribution in [0.5, 0.6) is 0 Å². The van der Waals surface area contributed by atoms with Crippen molar-refractivity contribution in [2.45, 2.75) is 52.6 Å². The Kier molecular flexibility index (Phi) is 4.39. The molecule has 4 heteroatoms. The predicted molar refractivity (Wildman–Crippen MR) is 70.0 cm³/mol. The number of ether oxygens (including phenoxy) is 1. The van der Waals surface area contributed by atoms with Gasteiger partial charge in [-0.05, 0) is 6.42 Å². The number of carbonyl (C=O) groups is 1. The quantitative estimate of drug-likeness (QED) is 0.438. The van der Waals surface area contributed by atoms with Crippen molar-refractivity contribution in [2.24, 2.45) is 10.6 Å². The van der Waals surface area contributed by atoms with Crippen LogP contribution in [0.3, 0.4) is 0 Å². The van der Waals surface area contributed by atoms with Gasteiger partial charge in [0.2, 0.25) is 5.60 Å². The molecule has 0 aliphatic carbocycles. The van der Waals surface area contributed by atoms with Gasteiger partial charge in [-0.2, -0.15) is 0 Å². The molecule has 0 saturated carbocycles. The van der Waals surface area contributed by atoms with E-state index in [4.69, 9.17) is 16.0 Å². The van der Waals surface area contributed by atoms with Gasteiger partial charge >= 0.3 is 5.97 Å². The van der Waals surface area contributed by atoms with Crippen molar-refractivity contribution in [1.29, 1.82) is 0 Å². The van der Waals surface area contributed by atoms with E-state index in [9.17, 15) is 4.79 Å². The molecule has 0 saturated heterocycles. The Morgan fingerprint density at radius 2 is 2.28 bits per heavy atom. The molecule has 100 valence electrons. The van der Waals surface area contributed by atoms with Crippen LogP contribution in [0.4, 0.5) is 0 Å². The van der Waals surface area contributed by atoms with Gasteiger partial charge in [0.1, 0.15) is 6.61 Å². The minimum atomic E-state index is -0.961. The zero-order valence-corrected chi connectivity index (χ0v) is 11.6. The maximum atomic E-state index is 12.1. The fourth-order valence-electron chi connectivity index (χ4n) is 1.66. The molecule has 0 spiro atoms. The first-order chi connectivity index (χ1) is 8.35. The Bertz CT molecular complexity index is 387. The summed E-state index contributed by atoms with van der Waals surface area (Å²) in [6, 6.07) is 0. The van der Waals surface area contributed by atoms with Crippen LogP contribution in [0.1, 0.15) is 47.0 Å². The van der Waals surface area contributed by atoms with Crippen LogP contribution in [0, 0.1) is 17.8 Å². The van der Waals surface area contributed by atoms with Crippen LogP contribution < -0.4 is 0 Å². The molecule has 1 atom stereocenters. The van der Waals surface area contributed by atoms with E-state index < -0.39 is 5.60 Å². The molecule has 18 heavy (non-hydrogen) atoms. The average molecular weight is 251 g/mol. The number of esters is 1. The second-order valence-electron chi connectivity index (χ2n) is 5.49. The van der Waals surface area contributed by atoms with Gasteiger partial charge in [-0.25, -0.2) is 4.79 Å². The Balaban J connectivity index is 2.68. The maximum Gasteiger partial charge on any atom is 0.353 e. The minimum Gasteiger partial charge on any atom is -0.462 e. The molecule has 1 aliphatic rings. The lowest BCUT2D eigenvalue weighted by atomic mass is 9.82. The van der Waals surface area contributed by atoms with Crippen molar-refractivity contribution in [3.63, 3.8) is 0 Å². The molecular weight excluding hydrogens is 230 g/mol. The lowest BCUT2D eigenvalue weighted by Gasteiger charge is -2.24. The number of nitrogens with zero attached hydrogens (tertiary/aromatic N) is 1. The highest BCUT2D eigenvalue weighted by molar-refractivity contribution is 5.96. The smallest absolute Gasteiger partial charge is 0.353 e. The molecule has 1 heterocycles. The molecule has 0 fully saturated rings. The average Bonchev–Trinajstić information content (AvgIpc) is 2.74. The number of oxime groups is 1. The fraction of sp³-hybridized carbons (Fsp3) is 0.714. The normalized spacial score (nSPS) is 22.9. The van der Waals surface area contributed by atoms with E-state index >= 15 is 0 Å². The second-order valence-corrected chi connectivity index (χ2v) is 5.49. The molecule has 0 aromatic carbocycles. The van der Waals surface area contributed by atoms with Gasteiger partial charge < -0.3 is 9.57 Å². The summed E-state index contributed by atoms with van der Waals surface area (Å²) in [6.07, 6.45) is 6.55. The molecule has 1 rings (SSSR count). The number of terminal acetylenes is 1. The van der Waals surface area contributed by atoms with Crippen molar-refractivity contribution >= 4 is 11.7 Å². The molecule has 0 aromatic rings. The summed E-state index contributed by atoms with van der Waals surface area (Å²) in [5.41, 5.74) is -0.175. The van der Waals surface area contributed by atoms with Gasteiger partial charge in [0.05, 0.1) is 5.71 Å². The van der Waals surface area contributed by atoms with E-state index in [1.54, 1.807) is 0 Å². The van der Waals surface area contributed by atoms with Gasteiger partial charge in [0, 0.05) is 18.3 Å². The van der Waals surface area contributed by atoms with Gasteiger partial charge in [-0.15, -0.1) is 12.3 Å². The summed E-state index contributed by atoms with van der Waals surface area (Å²) in [7, 11) is 0. The zero-order chi connectivity index (χ0) is 13.8. The van der Waals surface area contributed by atoms with Crippen LogP contribution in [0.25, 0.3) is 0 Å². The standard InChI is InChI=1S/C14H21NO3/c1-6-8-9-17-12(16)14(7-2)10-11(15-18-14)13(3,4)5/h1H,7-10H2,2-5H3. The van der Waals surface area contributed by atoms with Crippen LogP contribution in [-0.4, -0.2) is 23.9 Å². The highest BCUT2D eigenvalue weighted by Gasteiger charge is 2.48.